The molecule has 3 nitrogen and oxygen atoms in total. The molecule has 4 aromatic rings. The molecule has 0 amide bonds. The molecule has 0 radical (unpaired) electrons. The van der Waals surface area contributed by atoms with Crippen molar-refractivity contribution in [3.05, 3.63) is 119 Å². The van der Waals surface area contributed by atoms with E-state index in [1.165, 1.54) is 5.56 Å². The van der Waals surface area contributed by atoms with Gasteiger partial charge in [0.25, 0.3) is 0 Å². The van der Waals surface area contributed by atoms with Gasteiger partial charge in [-0.05, 0) is 85.0 Å². The van der Waals surface area contributed by atoms with Gasteiger partial charge in [-0.15, -0.1) is 0 Å². The Bertz CT molecular complexity index is 1220. The third-order valence-corrected chi connectivity index (χ3v) is 5.35. The number of benzene rings is 4. The lowest BCUT2D eigenvalue weighted by Gasteiger charge is -2.11. The van der Waals surface area contributed by atoms with Crippen LogP contribution in [0.4, 0.5) is 0 Å². The normalized spacial score (nSPS) is 10.6. The first-order valence-electron chi connectivity index (χ1n) is 10.7. The zero-order valence-corrected chi connectivity index (χ0v) is 18.6. The van der Waals surface area contributed by atoms with Crippen molar-refractivity contribution in [3.63, 3.8) is 0 Å². The maximum Gasteiger partial charge on any atom is 0.343 e. The Kier molecular flexibility index (Phi) is 6.37. The number of hydrogen-bond donors (Lipinski definition) is 0. The lowest BCUT2D eigenvalue weighted by atomic mass is 10.0. The van der Waals surface area contributed by atoms with Crippen molar-refractivity contribution in [1.29, 1.82) is 0 Å². The van der Waals surface area contributed by atoms with Crippen molar-refractivity contribution in [3.8, 4) is 22.6 Å². The molecule has 160 valence electrons. The van der Waals surface area contributed by atoms with Crippen LogP contribution >= 0.6 is 0 Å². The van der Waals surface area contributed by atoms with Crippen LogP contribution in [-0.2, 0) is 6.61 Å². The van der Waals surface area contributed by atoms with Gasteiger partial charge in [-0.25, -0.2) is 4.79 Å². The van der Waals surface area contributed by atoms with Gasteiger partial charge in [0.15, 0.2) is 0 Å². The summed E-state index contributed by atoms with van der Waals surface area (Å²) < 4.78 is 11.5. The smallest absolute Gasteiger partial charge is 0.343 e. The number of aryl methyl sites for hydroxylation is 3. The summed E-state index contributed by atoms with van der Waals surface area (Å²) in [5, 5.41) is 0. The molecule has 0 aliphatic heterocycles. The second-order valence-corrected chi connectivity index (χ2v) is 8.04. The summed E-state index contributed by atoms with van der Waals surface area (Å²) in [6.45, 7) is 6.50. The maximum atomic E-state index is 12.6. The van der Waals surface area contributed by atoms with E-state index in [-0.39, 0.29) is 5.97 Å². The highest BCUT2D eigenvalue weighted by Crippen LogP contribution is 2.27. The number of ether oxygens (including phenoxy) is 2. The minimum atomic E-state index is -0.373. The number of carbonyl (C=O) groups excluding carboxylic acids is 1. The number of rotatable bonds is 6. The topological polar surface area (TPSA) is 35.5 Å². The van der Waals surface area contributed by atoms with Crippen LogP contribution in [0.15, 0.2) is 91.0 Å². The molecule has 0 atom stereocenters. The van der Waals surface area contributed by atoms with E-state index >= 15 is 0 Å². The van der Waals surface area contributed by atoms with Crippen LogP contribution in [0.5, 0.6) is 11.5 Å². The molecule has 0 aliphatic carbocycles. The Labute approximate surface area is 189 Å². The molecule has 0 bridgehead atoms. The molecule has 4 aromatic carbocycles. The van der Waals surface area contributed by atoms with Gasteiger partial charge in [-0.1, -0.05) is 60.2 Å². The summed E-state index contributed by atoms with van der Waals surface area (Å²) in [7, 11) is 0. The van der Waals surface area contributed by atoms with E-state index in [4.69, 9.17) is 9.47 Å². The fourth-order valence-electron chi connectivity index (χ4n) is 3.46. The summed E-state index contributed by atoms with van der Waals surface area (Å²) >= 11 is 0. The Hall–Kier alpha value is -3.85. The SMILES string of the molecule is Cc1ccc(-c2ccc(OC(=O)c3ccc(COc4cccc(C)c4)cc3)c(C)c2)cc1. The maximum absolute atomic E-state index is 12.6. The quantitative estimate of drug-likeness (QED) is 0.246. The molecule has 0 N–H and O–H groups in total. The van der Waals surface area contributed by atoms with Gasteiger partial charge in [-0.2, -0.15) is 0 Å². The molecule has 4 rings (SSSR count). The van der Waals surface area contributed by atoms with E-state index < -0.39 is 0 Å². The van der Waals surface area contributed by atoms with Crippen molar-refractivity contribution in [1.82, 2.24) is 0 Å². The highest BCUT2D eigenvalue weighted by atomic mass is 16.5. The summed E-state index contributed by atoms with van der Waals surface area (Å²) in [6.07, 6.45) is 0. The predicted molar refractivity (Wildman–Crippen MR) is 128 cm³/mol. The number of esters is 1. The first kappa shape index (κ1) is 21.4. The lowest BCUT2D eigenvalue weighted by molar-refractivity contribution is 0.0733. The van der Waals surface area contributed by atoms with Gasteiger partial charge in [-0.3, -0.25) is 0 Å². The number of carbonyl (C=O) groups is 1. The van der Waals surface area contributed by atoms with Gasteiger partial charge >= 0.3 is 5.97 Å². The Balaban J connectivity index is 1.39. The minimum Gasteiger partial charge on any atom is -0.489 e. The summed E-state index contributed by atoms with van der Waals surface area (Å²) in [6, 6.07) is 29.5. The van der Waals surface area contributed by atoms with Crippen LogP contribution in [0.25, 0.3) is 11.1 Å². The van der Waals surface area contributed by atoms with Crippen molar-refractivity contribution in [2.45, 2.75) is 27.4 Å². The summed E-state index contributed by atoms with van der Waals surface area (Å²) in [5.41, 5.74) is 7.03. The monoisotopic (exact) mass is 422 g/mol. The fourth-order valence-corrected chi connectivity index (χ4v) is 3.46. The highest BCUT2D eigenvalue weighted by molar-refractivity contribution is 5.91. The van der Waals surface area contributed by atoms with Crippen LogP contribution in [0.1, 0.15) is 32.6 Å². The molecule has 32 heavy (non-hydrogen) atoms. The highest BCUT2D eigenvalue weighted by Gasteiger charge is 2.11. The molecule has 0 saturated heterocycles. The number of hydrogen-bond acceptors (Lipinski definition) is 3. The molecular formula is C29H26O3. The third kappa shape index (κ3) is 5.25. The van der Waals surface area contributed by atoms with Crippen LogP contribution < -0.4 is 9.47 Å². The molecule has 0 fully saturated rings. The molecular weight excluding hydrogens is 396 g/mol. The molecule has 0 heterocycles. The second-order valence-electron chi connectivity index (χ2n) is 8.04. The average Bonchev–Trinajstić information content (AvgIpc) is 2.80. The Morgan fingerprint density at radius 3 is 2.12 bits per heavy atom. The molecule has 0 spiro atoms. The second kappa shape index (κ2) is 9.52. The van der Waals surface area contributed by atoms with Crippen molar-refractivity contribution < 1.29 is 14.3 Å². The summed E-state index contributed by atoms with van der Waals surface area (Å²) in [4.78, 5) is 12.6. The van der Waals surface area contributed by atoms with Crippen molar-refractivity contribution >= 4 is 5.97 Å². The predicted octanol–water partition coefficient (Wildman–Crippen LogP) is 7.08. The molecule has 0 aliphatic rings. The van der Waals surface area contributed by atoms with Gasteiger partial charge in [0.2, 0.25) is 0 Å². The van der Waals surface area contributed by atoms with E-state index in [0.717, 1.165) is 33.6 Å². The standard InChI is InChI=1S/C29H26O3/c1-20-7-11-24(12-8-20)26-15-16-28(22(3)18-26)32-29(30)25-13-9-23(10-14-25)19-31-27-6-4-5-21(2)17-27/h4-18H,19H2,1-3H3. The summed E-state index contributed by atoms with van der Waals surface area (Å²) in [5.74, 6) is 1.03. The van der Waals surface area contributed by atoms with Crippen LogP contribution in [-0.4, -0.2) is 5.97 Å². The molecule has 0 aromatic heterocycles. The van der Waals surface area contributed by atoms with Crippen LogP contribution in [0.3, 0.4) is 0 Å². The van der Waals surface area contributed by atoms with E-state index in [1.54, 1.807) is 12.1 Å². The van der Waals surface area contributed by atoms with Gasteiger partial charge in [0, 0.05) is 0 Å². The van der Waals surface area contributed by atoms with Gasteiger partial charge < -0.3 is 9.47 Å². The third-order valence-electron chi connectivity index (χ3n) is 5.35. The Morgan fingerprint density at radius 1 is 0.719 bits per heavy atom. The Morgan fingerprint density at radius 2 is 1.44 bits per heavy atom. The van der Waals surface area contributed by atoms with Gasteiger partial charge in [0.05, 0.1) is 5.56 Å². The van der Waals surface area contributed by atoms with E-state index in [1.807, 2.05) is 68.4 Å². The van der Waals surface area contributed by atoms with E-state index in [0.29, 0.717) is 17.9 Å². The van der Waals surface area contributed by atoms with E-state index in [9.17, 15) is 4.79 Å². The lowest BCUT2D eigenvalue weighted by Crippen LogP contribution is -2.09. The minimum absolute atomic E-state index is 0.373. The van der Waals surface area contributed by atoms with Crippen molar-refractivity contribution in [2.24, 2.45) is 0 Å². The van der Waals surface area contributed by atoms with E-state index in [2.05, 4.69) is 31.2 Å². The first-order valence-corrected chi connectivity index (χ1v) is 10.7. The average molecular weight is 423 g/mol. The largest absolute Gasteiger partial charge is 0.489 e. The molecule has 3 heteroatoms. The van der Waals surface area contributed by atoms with Crippen molar-refractivity contribution in [2.75, 3.05) is 0 Å². The van der Waals surface area contributed by atoms with Gasteiger partial charge in [0.1, 0.15) is 18.1 Å². The fraction of sp³-hybridized carbons (Fsp3) is 0.138. The zero-order valence-electron chi connectivity index (χ0n) is 18.6. The van der Waals surface area contributed by atoms with Crippen LogP contribution in [0.2, 0.25) is 0 Å². The van der Waals surface area contributed by atoms with Crippen LogP contribution in [0, 0.1) is 20.8 Å². The molecule has 0 unspecified atom stereocenters. The zero-order chi connectivity index (χ0) is 22.5. The molecule has 0 saturated carbocycles. The first-order chi connectivity index (χ1) is 15.5.